The number of hydrogen-bond donors (Lipinski definition) is 2. The molecule has 1 aliphatic carbocycles. The first-order chi connectivity index (χ1) is 8.75. The second-order valence-corrected chi connectivity index (χ2v) is 6.28. The molecule has 0 aromatic carbocycles. The Balaban J connectivity index is 1.45. The Morgan fingerprint density at radius 3 is 2.94 bits per heavy atom. The highest BCUT2D eigenvalue weighted by molar-refractivity contribution is 7.09. The van der Waals surface area contributed by atoms with Gasteiger partial charge in [-0.1, -0.05) is 0 Å². The summed E-state index contributed by atoms with van der Waals surface area (Å²) in [4.78, 5) is 4.63. The average Bonchev–Trinajstić information content (AvgIpc) is 3.11. The Hall–Kier alpha value is -0.490. The second-order valence-electron chi connectivity index (χ2n) is 5.39. The van der Waals surface area contributed by atoms with E-state index in [2.05, 4.69) is 15.7 Å². The van der Waals surface area contributed by atoms with Crippen molar-refractivity contribution in [2.45, 2.75) is 43.7 Å². The first-order valence-electron chi connectivity index (χ1n) is 6.70. The summed E-state index contributed by atoms with van der Waals surface area (Å²) in [5, 5.41) is 17.0. The van der Waals surface area contributed by atoms with E-state index in [1.165, 1.54) is 17.8 Å². The highest BCUT2D eigenvalue weighted by atomic mass is 32.1. The second kappa shape index (κ2) is 5.25. The molecule has 0 spiro atoms. The molecule has 100 valence electrons. The molecule has 0 amide bonds. The molecule has 3 rings (SSSR count). The van der Waals surface area contributed by atoms with E-state index in [0.717, 1.165) is 31.0 Å². The summed E-state index contributed by atoms with van der Waals surface area (Å²) in [7, 11) is 0. The number of aromatic nitrogens is 1. The van der Waals surface area contributed by atoms with E-state index in [1.807, 2.05) is 0 Å². The van der Waals surface area contributed by atoms with Gasteiger partial charge in [0, 0.05) is 50.4 Å². The molecule has 4 nitrogen and oxygen atoms in total. The van der Waals surface area contributed by atoms with Crippen molar-refractivity contribution in [1.29, 1.82) is 0 Å². The van der Waals surface area contributed by atoms with E-state index in [-0.39, 0.29) is 0 Å². The summed E-state index contributed by atoms with van der Waals surface area (Å²) in [6.45, 7) is 2.72. The van der Waals surface area contributed by atoms with Crippen LogP contribution in [0.2, 0.25) is 0 Å². The predicted octanol–water partition coefficient (Wildman–Crippen LogP) is 1.65. The van der Waals surface area contributed by atoms with Gasteiger partial charge in [-0.05, 0) is 12.8 Å². The zero-order chi connectivity index (χ0) is 12.4. The summed E-state index contributed by atoms with van der Waals surface area (Å²) in [6.07, 6.45) is 4.06. The number of thiazole rings is 1. The third-order valence-electron chi connectivity index (χ3n) is 3.68. The molecule has 1 aromatic heterocycles. The van der Waals surface area contributed by atoms with Crippen LogP contribution in [0.25, 0.3) is 0 Å². The van der Waals surface area contributed by atoms with Gasteiger partial charge < -0.3 is 15.2 Å². The van der Waals surface area contributed by atoms with Crippen LogP contribution >= 0.6 is 11.3 Å². The van der Waals surface area contributed by atoms with Gasteiger partial charge >= 0.3 is 0 Å². The molecule has 0 unspecified atom stereocenters. The van der Waals surface area contributed by atoms with Gasteiger partial charge in [0.1, 0.15) is 0 Å². The fourth-order valence-corrected chi connectivity index (χ4v) is 3.26. The maximum Gasteiger partial charge on any atom is 0.0959 e. The van der Waals surface area contributed by atoms with Gasteiger partial charge in [-0.2, -0.15) is 0 Å². The lowest BCUT2D eigenvalue weighted by molar-refractivity contribution is -0.0617. The van der Waals surface area contributed by atoms with E-state index in [0.29, 0.717) is 19.8 Å². The molecule has 2 aliphatic rings. The molecule has 1 aliphatic heterocycles. The van der Waals surface area contributed by atoms with Crippen molar-refractivity contribution in [2.24, 2.45) is 0 Å². The zero-order valence-corrected chi connectivity index (χ0v) is 11.3. The average molecular weight is 268 g/mol. The summed E-state index contributed by atoms with van der Waals surface area (Å²) in [5.41, 5.74) is 0.519. The number of nitrogens with zero attached hydrogens (tertiary/aromatic N) is 1. The number of nitrogens with one attached hydrogen (secondary N) is 1. The third-order valence-corrected chi connectivity index (χ3v) is 4.74. The number of ether oxygens (including phenoxy) is 1. The lowest BCUT2D eigenvalue weighted by Gasteiger charge is -2.32. The lowest BCUT2D eigenvalue weighted by atomic mass is 9.94. The maximum atomic E-state index is 10.3. The zero-order valence-electron chi connectivity index (χ0n) is 10.5. The number of aliphatic hydroxyl groups is 1. The van der Waals surface area contributed by atoms with Crippen LogP contribution in [0, 0.1) is 0 Å². The molecule has 5 heteroatoms. The smallest absolute Gasteiger partial charge is 0.0959 e. The molecular formula is C13H20N2O2S. The fraction of sp³-hybridized carbons (Fsp3) is 0.769. The molecular weight excluding hydrogens is 248 g/mol. The lowest BCUT2D eigenvalue weighted by Crippen LogP contribution is -2.44. The van der Waals surface area contributed by atoms with Crippen LogP contribution in [-0.2, 0) is 11.3 Å². The predicted molar refractivity (Wildman–Crippen MR) is 70.8 cm³/mol. The first-order valence-corrected chi connectivity index (χ1v) is 7.58. The molecule has 0 atom stereocenters. The van der Waals surface area contributed by atoms with Gasteiger partial charge in [-0.3, -0.25) is 0 Å². The van der Waals surface area contributed by atoms with Crippen LogP contribution in [0.1, 0.15) is 42.3 Å². The molecule has 1 saturated heterocycles. The van der Waals surface area contributed by atoms with Gasteiger partial charge in [0.25, 0.3) is 0 Å². The normalized spacial score (nSPS) is 23.2. The van der Waals surface area contributed by atoms with Gasteiger partial charge in [0.15, 0.2) is 0 Å². The van der Waals surface area contributed by atoms with Crippen LogP contribution in [0.15, 0.2) is 5.38 Å². The van der Waals surface area contributed by atoms with Crippen molar-refractivity contribution in [3.63, 3.8) is 0 Å². The Morgan fingerprint density at radius 1 is 1.44 bits per heavy atom. The molecule has 0 radical (unpaired) electrons. The van der Waals surface area contributed by atoms with Crippen molar-refractivity contribution >= 4 is 11.3 Å². The van der Waals surface area contributed by atoms with Crippen molar-refractivity contribution < 1.29 is 9.84 Å². The molecule has 0 bridgehead atoms. The molecule has 2 fully saturated rings. The monoisotopic (exact) mass is 268 g/mol. The maximum absolute atomic E-state index is 10.3. The largest absolute Gasteiger partial charge is 0.388 e. The Morgan fingerprint density at radius 2 is 2.22 bits per heavy atom. The molecule has 1 aromatic rings. The minimum Gasteiger partial charge on any atom is -0.388 e. The van der Waals surface area contributed by atoms with E-state index in [4.69, 9.17) is 4.74 Å². The van der Waals surface area contributed by atoms with Gasteiger partial charge in [0.05, 0.1) is 16.3 Å². The molecule has 1 saturated carbocycles. The van der Waals surface area contributed by atoms with Gasteiger partial charge in [0.2, 0.25) is 0 Å². The van der Waals surface area contributed by atoms with E-state index < -0.39 is 5.60 Å². The summed E-state index contributed by atoms with van der Waals surface area (Å²) in [6, 6.07) is 0. The number of hydrogen-bond acceptors (Lipinski definition) is 5. The molecule has 18 heavy (non-hydrogen) atoms. The Labute approximate surface area is 111 Å². The quantitative estimate of drug-likeness (QED) is 0.852. The summed E-state index contributed by atoms with van der Waals surface area (Å²) < 4.78 is 5.27. The topological polar surface area (TPSA) is 54.4 Å². The van der Waals surface area contributed by atoms with Crippen LogP contribution in [0.5, 0.6) is 0 Å². The minimum atomic E-state index is -0.590. The Kier molecular flexibility index (Phi) is 3.66. The van der Waals surface area contributed by atoms with Crippen molar-refractivity contribution in [3.8, 4) is 0 Å². The number of rotatable bonds is 5. The van der Waals surface area contributed by atoms with Gasteiger partial charge in [-0.15, -0.1) is 11.3 Å². The fourth-order valence-electron chi connectivity index (χ4n) is 2.27. The minimum absolute atomic E-state index is 0.590. The highest BCUT2D eigenvalue weighted by Crippen LogP contribution is 2.41. The third kappa shape index (κ3) is 3.09. The highest BCUT2D eigenvalue weighted by Gasteiger charge is 2.29. The molecule has 2 heterocycles. The first kappa shape index (κ1) is 12.5. The van der Waals surface area contributed by atoms with Crippen LogP contribution in [-0.4, -0.2) is 35.5 Å². The molecule has 2 N–H and O–H groups in total. The van der Waals surface area contributed by atoms with E-state index >= 15 is 0 Å². The summed E-state index contributed by atoms with van der Waals surface area (Å²) in [5.74, 6) is 0.739. The SMILES string of the molecule is OC1(CNCc2csc(C3CC3)n2)CCOCC1. The van der Waals surface area contributed by atoms with Crippen LogP contribution in [0.4, 0.5) is 0 Å². The van der Waals surface area contributed by atoms with E-state index in [9.17, 15) is 5.11 Å². The van der Waals surface area contributed by atoms with Crippen LogP contribution in [0.3, 0.4) is 0 Å². The summed E-state index contributed by atoms with van der Waals surface area (Å²) >= 11 is 1.77. The standard InChI is InChI=1S/C13H20N2O2S/c16-13(3-5-17-6-4-13)9-14-7-11-8-18-12(15-11)10-1-2-10/h8,10,14,16H,1-7,9H2. The van der Waals surface area contributed by atoms with Crippen LogP contribution < -0.4 is 5.32 Å². The van der Waals surface area contributed by atoms with Crippen molar-refractivity contribution in [3.05, 3.63) is 16.1 Å². The van der Waals surface area contributed by atoms with Crippen molar-refractivity contribution in [1.82, 2.24) is 10.3 Å². The van der Waals surface area contributed by atoms with E-state index in [1.54, 1.807) is 11.3 Å². The van der Waals surface area contributed by atoms with Crippen molar-refractivity contribution in [2.75, 3.05) is 19.8 Å². The van der Waals surface area contributed by atoms with Gasteiger partial charge in [-0.25, -0.2) is 4.98 Å². The Bertz CT molecular complexity index is 397.